The summed E-state index contributed by atoms with van der Waals surface area (Å²) in [4.78, 5) is 1.56. The molecule has 2 aromatic rings. The first kappa shape index (κ1) is 31.7. The molecule has 15 heteroatoms. The van der Waals surface area contributed by atoms with Crippen molar-refractivity contribution in [3.8, 4) is 5.75 Å². The van der Waals surface area contributed by atoms with Gasteiger partial charge in [-0.1, -0.05) is 12.5 Å². The van der Waals surface area contributed by atoms with E-state index in [1.54, 1.807) is 4.90 Å². The molecule has 0 N–H and O–H groups in total. The van der Waals surface area contributed by atoms with Crippen molar-refractivity contribution >= 4 is 31.8 Å². The quantitative estimate of drug-likeness (QED) is 0.195. The Morgan fingerprint density at radius 2 is 1.28 bits per heavy atom. The second-order valence-electron chi connectivity index (χ2n) is 9.27. The van der Waals surface area contributed by atoms with Crippen LogP contribution in [-0.2, 0) is 21.0 Å². The van der Waals surface area contributed by atoms with Gasteiger partial charge >= 0.3 is 23.3 Å². The van der Waals surface area contributed by atoms with Gasteiger partial charge in [-0.15, -0.1) is 0 Å². The van der Waals surface area contributed by atoms with E-state index in [4.69, 9.17) is 4.74 Å². The molecule has 2 fully saturated rings. The van der Waals surface area contributed by atoms with E-state index in [-0.39, 0.29) is 0 Å². The van der Waals surface area contributed by atoms with Crippen molar-refractivity contribution in [2.75, 3.05) is 11.5 Å². The minimum Gasteiger partial charge on any atom is -0.743 e. The van der Waals surface area contributed by atoms with E-state index >= 15 is 0 Å². The van der Waals surface area contributed by atoms with Crippen molar-refractivity contribution in [2.24, 2.45) is 0 Å². The van der Waals surface area contributed by atoms with Gasteiger partial charge < -0.3 is 9.29 Å². The molecule has 1 aliphatic carbocycles. The van der Waals surface area contributed by atoms with E-state index < -0.39 is 33.4 Å². The molecule has 2 aromatic carbocycles. The third-order valence-corrected chi connectivity index (χ3v) is 9.80. The summed E-state index contributed by atoms with van der Waals surface area (Å²) in [5, 5.41) is -4.42. The molecule has 4 rings (SSSR count). The number of hydrogen-bond acceptors (Lipinski definition) is 4. The molecule has 0 radical (unpaired) electrons. The van der Waals surface area contributed by atoms with E-state index in [0.717, 1.165) is 5.75 Å². The number of rotatable bonds is 6. The van der Waals surface area contributed by atoms with Crippen LogP contribution >= 0.6 is 0 Å². The highest BCUT2D eigenvalue weighted by Gasteiger charge is 2.83. The zero-order valence-corrected chi connectivity index (χ0v) is 21.9. The molecule has 0 amide bonds. The number of alkyl halides is 9. The SMILES string of the molecule is O=S(=O)([O-])C(F)(F)C(F)(F)C(F)(F)C(F)(F)F.c1cc2cc([S+]3CCCC3)ccc2cc1OC1CCCCC1. The summed E-state index contributed by atoms with van der Waals surface area (Å²) in [5.74, 6) is -11.0. The fourth-order valence-corrected chi connectivity index (χ4v) is 7.02. The summed E-state index contributed by atoms with van der Waals surface area (Å²) in [6.07, 6.45) is 2.57. The number of hydrogen-bond donors (Lipinski definition) is 0. The third-order valence-electron chi connectivity index (χ3n) is 6.43. The fourth-order valence-electron chi connectivity index (χ4n) is 4.24. The van der Waals surface area contributed by atoms with Crippen molar-refractivity contribution in [1.82, 2.24) is 0 Å². The van der Waals surface area contributed by atoms with Crippen LogP contribution in [0.15, 0.2) is 41.3 Å². The molecule has 1 heterocycles. The summed E-state index contributed by atoms with van der Waals surface area (Å²) in [7, 11) is -6.91. The van der Waals surface area contributed by atoms with E-state index in [0.29, 0.717) is 17.0 Å². The highest BCUT2D eigenvalue weighted by Crippen LogP contribution is 2.54. The predicted octanol–water partition coefficient (Wildman–Crippen LogP) is 7.28. The van der Waals surface area contributed by atoms with Crippen LogP contribution in [-0.4, -0.2) is 53.9 Å². The molecule has 1 saturated carbocycles. The minimum absolute atomic E-state index is 0.436. The van der Waals surface area contributed by atoms with Gasteiger partial charge in [0.25, 0.3) is 0 Å². The van der Waals surface area contributed by atoms with Crippen molar-refractivity contribution in [2.45, 2.75) is 79.2 Å². The lowest BCUT2D eigenvalue weighted by Crippen LogP contribution is -2.63. The number of fused-ring (bicyclic) bond motifs is 1. The minimum atomic E-state index is -7.43. The van der Waals surface area contributed by atoms with Gasteiger partial charge in [-0.2, -0.15) is 39.5 Å². The molecule has 1 aliphatic heterocycles. The molecule has 220 valence electrons. The van der Waals surface area contributed by atoms with Crippen LogP contribution in [0.1, 0.15) is 44.9 Å². The number of halogens is 9. The van der Waals surface area contributed by atoms with E-state index in [9.17, 15) is 52.5 Å². The van der Waals surface area contributed by atoms with Crippen LogP contribution in [0.25, 0.3) is 10.8 Å². The van der Waals surface area contributed by atoms with Gasteiger partial charge in [0.05, 0.1) is 6.10 Å². The van der Waals surface area contributed by atoms with Crippen molar-refractivity contribution in [3.05, 3.63) is 36.4 Å². The topological polar surface area (TPSA) is 66.4 Å². The van der Waals surface area contributed by atoms with Crippen LogP contribution in [0.5, 0.6) is 5.75 Å². The summed E-state index contributed by atoms with van der Waals surface area (Å²) in [6, 6.07) is 13.7. The maximum Gasteiger partial charge on any atom is 0.460 e. The second-order valence-corrected chi connectivity index (χ2v) is 13.0. The van der Waals surface area contributed by atoms with Crippen molar-refractivity contribution in [3.63, 3.8) is 0 Å². The molecule has 1 saturated heterocycles. The summed E-state index contributed by atoms with van der Waals surface area (Å²) >= 11 is 0. The van der Waals surface area contributed by atoms with E-state index in [1.807, 2.05) is 0 Å². The standard InChI is InChI=1S/C20H25OS.C4HF9O3S/c1-2-6-18(7-3-1)21-19-10-8-17-15-20(11-9-16(17)14-19)22-12-4-5-13-22;5-1(6,3(9,10)11)2(7,8)4(12,13)17(14,15)16/h8-11,14-15,18H,1-7,12-13H2;(H,14,15,16)/q+1;/p-1. The maximum atomic E-state index is 12.2. The average molecular weight is 613 g/mol. The normalized spacial score (nSPS) is 18.6. The Hall–Kier alpha value is -1.87. The highest BCUT2D eigenvalue weighted by atomic mass is 32.2. The van der Waals surface area contributed by atoms with Crippen LogP contribution < -0.4 is 4.74 Å². The highest BCUT2D eigenvalue weighted by molar-refractivity contribution is 7.97. The molecule has 4 nitrogen and oxygen atoms in total. The summed E-state index contributed by atoms with van der Waals surface area (Å²) in [6.45, 7) is 0. The van der Waals surface area contributed by atoms with Gasteiger partial charge in [-0.05, 0) is 73.6 Å². The number of benzene rings is 2. The molecule has 0 spiro atoms. The Balaban J connectivity index is 0.000000225. The van der Waals surface area contributed by atoms with E-state index in [1.165, 1.54) is 67.2 Å². The molecule has 0 atom stereocenters. The Morgan fingerprint density at radius 1 is 0.744 bits per heavy atom. The largest absolute Gasteiger partial charge is 0.743 e. The molecule has 0 bridgehead atoms. The van der Waals surface area contributed by atoms with Crippen LogP contribution in [0, 0.1) is 0 Å². The van der Waals surface area contributed by atoms with Gasteiger partial charge in [0.2, 0.25) is 0 Å². The predicted molar refractivity (Wildman–Crippen MR) is 127 cm³/mol. The van der Waals surface area contributed by atoms with Gasteiger partial charge in [0.1, 0.15) is 17.3 Å². The summed E-state index contributed by atoms with van der Waals surface area (Å²) in [5.41, 5.74) is 0. The molecular weight excluding hydrogens is 587 g/mol. The van der Waals surface area contributed by atoms with Crippen LogP contribution in [0.2, 0.25) is 0 Å². The fraction of sp³-hybridized carbons (Fsp3) is 0.583. The Kier molecular flexibility index (Phi) is 9.38. The first-order valence-corrected chi connectivity index (χ1v) is 14.9. The van der Waals surface area contributed by atoms with Crippen LogP contribution in [0.4, 0.5) is 39.5 Å². The third kappa shape index (κ3) is 6.72. The van der Waals surface area contributed by atoms with Crippen molar-refractivity contribution < 1.29 is 57.2 Å². The van der Waals surface area contributed by atoms with Crippen LogP contribution in [0.3, 0.4) is 0 Å². The van der Waals surface area contributed by atoms with Gasteiger partial charge in [-0.25, -0.2) is 8.42 Å². The zero-order chi connectivity index (χ0) is 29.3. The molecule has 2 aliphatic rings. The monoisotopic (exact) mass is 612 g/mol. The first-order valence-electron chi connectivity index (χ1n) is 11.9. The molecule has 39 heavy (non-hydrogen) atoms. The molecular formula is C24H25F9O4S2. The lowest BCUT2D eigenvalue weighted by Gasteiger charge is -2.34. The lowest BCUT2D eigenvalue weighted by atomic mass is 9.98. The Labute approximate surface area is 222 Å². The van der Waals surface area contributed by atoms with Gasteiger partial charge in [0.15, 0.2) is 15.0 Å². The maximum absolute atomic E-state index is 12.2. The lowest BCUT2D eigenvalue weighted by molar-refractivity contribution is -0.382. The summed E-state index contributed by atoms with van der Waals surface area (Å²) < 4.78 is 142. The van der Waals surface area contributed by atoms with E-state index in [2.05, 4.69) is 36.4 Å². The van der Waals surface area contributed by atoms with Gasteiger partial charge in [-0.3, -0.25) is 0 Å². The van der Waals surface area contributed by atoms with Gasteiger partial charge in [0, 0.05) is 17.0 Å². The average Bonchev–Trinajstić information content (AvgIpc) is 3.38. The molecule has 0 aromatic heterocycles. The van der Waals surface area contributed by atoms with Crippen molar-refractivity contribution in [1.29, 1.82) is 0 Å². The Morgan fingerprint density at radius 3 is 1.82 bits per heavy atom. The smallest absolute Gasteiger partial charge is 0.460 e. The zero-order valence-electron chi connectivity index (χ0n) is 20.3. The molecule has 0 unspecified atom stereocenters. The first-order chi connectivity index (χ1) is 17.9. The number of ether oxygens (including phenoxy) is 1. The Bertz CT molecular complexity index is 1240. The second kappa shape index (κ2) is 11.6.